The van der Waals surface area contributed by atoms with E-state index >= 15 is 0 Å². The fourth-order valence-electron chi connectivity index (χ4n) is 6.94. The molecule has 4 atom stereocenters. The number of nitrogens with zero attached hydrogens (tertiary/aromatic N) is 2. The zero-order valence-electron chi connectivity index (χ0n) is 15.5. The molecular formula is C21H28N2O2. The number of hydrogen-bond donors (Lipinski definition) is 0. The fraction of sp³-hybridized carbons (Fsp3) is 0.667. The van der Waals surface area contributed by atoms with E-state index in [4.69, 9.17) is 4.74 Å². The number of piperidine rings is 1. The Morgan fingerprint density at radius 2 is 2.12 bits per heavy atom. The third kappa shape index (κ3) is 1.65. The summed E-state index contributed by atoms with van der Waals surface area (Å²) in [6, 6.07) is 7.25. The summed E-state index contributed by atoms with van der Waals surface area (Å²) < 4.78 is 5.48. The highest BCUT2D eigenvalue weighted by Gasteiger charge is 2.70. The quantitative estimate of drug-likeness (QED) is 0.829. The Hall–Kier alpha value is -1.55. The van der Waals surface area contributed by atoms with Crippen molar-refractivity contribution in [3.63, 3.8) is 0 Å². The normalized spacial score (nSPS) is 39.2. The van der Waals surface area contributed by atoms with E-state index < -0.39 is 0 Å². The van der Waals surface area contributed by atoms with Crippen LogP contribution in [-0.2, 0) is 10.2 Å². The van der Waals surface area contributed by atoms with Gasteiger partial charge in [0, 0.05) is 48.1 Å². The molecule has 0 N–H and O–H groups in total. The van der Waals surface area contributed by atoms with Crippen LogP contribution >= 0.6 is 0 Å². The van der Waals surface area contributed by atoms with Crippen LogP contribution in [0.15, 0.2) is 18.2 Å². The van der Waals surface area contributed by atoms with E-state index in [1.54, 1.807) is 7.11 Å². The molecule has 3 fully saturated rings. The summed E-state index contributed by atoms with van der Waals surface area (Å²) in [7, 11) is 3.90. The van der Waals surface area contributed by atoms with Crippen molar-refractivity contribution in [2.75, 3.05) is 32.1 Å². The van der Waals surface area contributed by atoms with Gasteiger partial charge in [0.1, 0.15) is 11.5 Å². The molecule has 4 nitrogen and oxygen atoms in total. The Kier molecular flexibility index (Phi) is 3.14. The Bertz CT molecular complexity index is 747. The van der Waals surface area contributed by atoms with Gasteiger partial charge in [0.2, 0.25) is 0 Å². The Balaban J connectivity index is 1.74. The van der Waals surface area contributed by atoms with Crippen molar-refractivity contribution in [3.05, 3.63) is 23.8 Å². The summed E-state index contributed by atoms with van der Waals surface area (Å²) in [4.78, 5) is 18.4. The molecule has 4 aliphatic rings. The third-order valence-corrected chi connectivity index (χ3v) is 7.97. The molecule has 134 valence electrons. The number of rotatable bonds is 2. The number of fused-ring (bicyclic) bond motifs is 1. The van der Waals surface area contributed by atoms with Gasteiger partial charge < -0.3 is 9.64 Å². The van der Waals surface area contributed by atoms with Crippen LogP contribution in [0.5, 0.6) is 5.75 Å². The van der Waals surface area contributed by atoms with E-state index in [1.807, 2.05) is 0 Å². The van der Waals surface area contributed by atoms with Crippen molar-refractivity contribution in [1.29, 1.82) is 0 Å². The summed E-state index contributed by atoms with van der Waals surface area (Å²) in [6.45, 7) is 4.53. The van der Waals surface area contributed by atoms with Crippen molar-refractivity contribution in [1.82, 2.24) is 4.90 Å². The van der Waals surface area contributed by atoms with Gasteiger partial charge in [-0.05, 0) is 50.4 Å². The van der Waals surface area contributed by atoms with Crippen LogP contribution in [0.3, 0.4) is 0 Å². The molecule has 4 heteroatoms. The summed E-state index contributed by atoms with van der Waals surface area (Å²) in [5, 5.41) is 0. The van der Waals surface area contributed by atoms with E-state index in [1.165, 1.54) is 24.1 Å². The maximum Gasteiger partial charge on any atom is 0.142 e. The molecule has 1 saturated carbocycles. The molecule has 25 heavy (non-hydrogen) atoms. The van der Waals surface area contributed by atoms with Crippen LogP contribution in [0.2, 0.25) is 0 Å². The highest BCUT2D eigenvalue weighted by molar-refractivity contribution is 5.90. The smallest absolute Gasteiger partial charge is 0.142 e. The number of methoxy groups -OCH3 is 1. The zero-order valence-corrected chi connectivity index (χ0v) is 15.5. The molecule has 1 aromatic carbocycles. The summed E-state index contributed by atoms with van der Waals surface area (Å²) in [6.07, 6.45) is 5.11. The number of anilines is 1. The van der Waals surface area contributed by atoms with Gasteiger partial charge in [0.25, 0.3) is 0 Å². The number of likely N-dealkylation sites (N-methyl/N-ethyl adjacent to an activating group) is 1. The SMILES string of the molecule is CCC12CCCN3CCC4(c5ccc(OC)cc5N(C)C4CC1=O)C32. The third-order valence-electron chi connectivity index (χ3n) is 7.97. The van der Waals surface area contributed by atoms with Crippen molar-refractivity contribution < 1.29 is 9.53 Å². The average molecular weight is 340 g/mol. The zero-order chi connectivity index (χ0) is 17.4. The second-order valence-electron chi connectivity index (χ2n) is 8.48. The summed E-state index contributed by atoms with van der Waals surface area (Å²) in [5.41, 5.74) is 2.71. The van der Waals surface area contributed by atoms with Crippen LogP contribution < -0.4 is 9.64 Å². The number of hydrogen-bond acceptors (Lipinski definition) is 4. The van der Waals surface area contributed by atoms with Gasteiger partial charge in [-0.25, -0.2) is 0 Å². The standard InChI is InChI=1S/C21H28N2O2/c1-4-20-8-5-10-23-11-9-21(19(20)23)15-7-6-14(25-3)12-16(15)22(2)17(21)13-18(20)24/h6-7,12,17,19H,4-5,8-11,13H2,1-3H3. The van der Waals surface area contributed by atoms with Crippen molar-refractivity contribution >= 4 is 11.5 Å². The number of Topliss-reactive ketones (excluding diaryl/α,β-unsaturated/α-hetero) is 1. The molecule has 0 radical (unpaired) electrons. The maximum absolute atomic E-state index is 13.4. The van der Waals surface area contributed by atoms with Crippen LogP contribution in [0.1, 0.15) is 44.6 Å². The molecule has 3 aliphatic heterocycles. The number of ether oxygens (including phenoxy) is 1. The van der Waals surface area contributed by atoms with Gasteiger partial charge in [-0.2, -0.15) is 0 Å². The first-order valence-corrected chi connectivity index (χ1v) is 9.77. The molecule has 2 saturated heterocycles. The van der Waals surface area contributed by atoms with E-state index in [0.29, 0.717) is 24.3 Å². The second-order valence-corrected chi connectivity index (χ2v) is 8.48. The number of ketones is 1. The molecule has 1 aromatic rings. The minimum atomic E-state index is -0.131. The number of benzene rings is 1. The first-order chi connectivity index (χ1) is 12.1. The molecule has 3 heterocycles. The summed E-state index contributed by atoms with van der Waals surface area (Å²) in [5.74, 6) is 1.42. The lowest BCUT2D eigenvalue weighted by molar-refractivity contribution is -0.144. The van der Waals surface area contributed by atoms with Crippen LogP contribution in [0.4, 0.5) is 5.69 Å². The molecule has 0 amide bonds. The van der Waals surface area contributed by atoms with Crippen molar-refractivity contribution in [2.24, 2.45) is 5.41 Å². The largest absolute Gasteiger partial charge is 0.497 e. The predicted molar refractivity (Wildman–Crippen MR) is 98.4 cm³/mol. The Morgan fingerprint density at radius 1 is 1.28 bits per heavy atom. The van der Waals surface area contributed by atoms with Gasteiger partial charge in [0.05, 0.1) is 7.11 Å². The average Bonchev–Trinajstić information content (AvgIpc) is 3.15. The molecule has 1 aliphatic carbocycles. The van der Waals surface area contributed by atoms with Gasteiger partial charge in [-0.1, -0.05) is 13.0 Å². The molecule has 1 spiro atoms. The maximum atomic E-state index is 13.4. The van der Waals surface area contributed by atoms with Gasteiger partial charge in [-0.3, -0.25) is 9.69 Å². The van der Waals surface area contributed by atoms with Gasteiger partial charge >= 0.3 is 0 Å². The minimum absolute atomic E-state index is 0.112. The van der Waals surface area contributed by atoms with E-state index in [-0.39, 0.29) is 10.8 Å². The monoisotopic (exact) mass is 340 g/mol. The van der Waals surface area contributed by atoms with E-state index in [9.17, 15) is 4.79 Å². The number of carbonyl (C=O) groups is 1. The predicted octanol–water partition coefficient (Wildman–Crippen LogP) is 2.99. The fourth-order valence-corrected chi connectivity index (χ4v) is 6.94. The molecular weight excluding hydrogens is 312 g/mol. The van der Waals surface area contributed by atoms with Gasteiger partial charge in [-0.15, -0.1) is 0 Å². The Morgan fingerprint density at radius 3 is 2.88 bits per heavy atom. The second kappa shape index (κ2) is 5.00. The van der Waals surface area contributed by atoms with Crippen molar-refractivity contribution in [2.45, 2.75) is 56.5 Å². The molecule has 4 unspecified atom stereocenters. The molecule has 0 aromatic heterocycles. The molecule has 0 bridgehead atoms. The Labute approximate surface area is 150 Å². The van der Waals surface area contributed by atoms with Crippen LogP contribution in [-0.4, -0.2) is 50.0 Å². The first-order valence-electron chi connectivity index (χ1n) is 9.77. The highest BCUT2D eigenvalue weighted by atomic mass is 16.5. The minimum Gasteiger partial charge on any atom is -0.497 e. The topological polar surface area (TPSA) is 32.8 Å². The van der Waals surface area contributed by atoms with Crippen LogP contribution in [0, 0.1) is 5.41 Å². The lowest BCUT2D eigenvalue weighted by Gasteiger charge is -2.57. The first kappa shape index (κ1) is 15.7. The molecule has 5 rings (SSSR count). The van der Waals surface area contributed by atoms with E-state index in [2.05, 4.69) is 42.0 Å². The lowest BCUT2D eigenvalue weighted by atomic mass is 9.51. The highest BCUT2D eigenvalue weighted by Crippen LogP contribution is 2.64. The van der Waals surface area contributed by atoms with E-state index in [0.717, 1.165) is 31.7 Å². The summed E-state index contributed by atoms with van der Waals surface area (Å²) >= 11 is 0. The number of carbonyl (C=O) groups excluding carboxylic acids is 1. The van der Waals surface area contributed by atoms with Gasteiger partial charge in [0.15, 0.2) is 0 Å². The lowest BCUT2D eigenvalue weighted by Crippen LogP contribution is -2.67. The van der Waals surface area contributed by atoms with Crippen molar-refractivity contribution in [3.8, 4) is 5.75 Å². The van der Waals surface area contributed by atoms with Crippen LogP contribution in [0.25, 0.3) is 0 Å².